The molecule has 1 aromatic carbocycles. The van der Waals surface area contributed by atoms with Gasteiger partial charge in [0.25, 0.3) is 11.8 Å². The van der Waals surface area contributed by atoms with Crippen LogP contribution in [0.15, 0.2) is 42.6 Å². The van der Waals surface area contributed by atoms with E-state index in [2.05, 4.69) is 4.98 Å². The predicted molar refractivity (Wildman–Crippen MR) is 106 cm³/mol. The molecule has 1 aliphatic heterocycles. The number of aromatic nitrogens is 1. The predicted octanol–water partition coefficient (Wildman–Crippen LogP) is 2.03. The van der Waals surface area contributed by atoms with Gasteiger partial charge in [0.05, 0.1) is 13.2 Å². The van der Waals surface area contributed by atoms with E-state index in [9.17, 15) is 9.59 Å². The molecule has 1 aliphatic rings. The summed E-state index contributed by atoms with van der Waals surface area (Å²) >= 11 is 0. The molecule has 154 valence electrons. The van der Waals surface area contributed by atoms with Crippen molar-refractivity contribution in [2.75, 3.05) is 26.3 Å². The first-order chi connectivity index (χ1) is 14.0. The van der Waals surface area contributed by atoms with Crippen LogP contribution in [0, 0.1) is 0 Å². The van der Waals surface area contributed by atoms with Crippen LogP contribution in [0.1, 0.15) is 30.3 Å². The van der Waals surface area contributed by atoms with Crippen LogP contribution in [0.25, 0.3) is 0 Å². The number of likely N-dealkylation sites (tertiary alicyclic amines) is 1. The maximum atomic E-state index is 12.5. The number of rotatable bonds is 8. The lowest BCUT2D eigenvalue weighted by Gasteiger charge is -2.32. The molecule has 1 aromatic heterocycles. The highest BCUT2D eigenvalue weighted by Crippen LogP contribution is 2.20. The minimum absolute atomic E-state index is 0.0399. The molecule has 3 rings (SSSR count). The molecule has 0 aliphatic carbocycles. The molecule has 2 aromatic rings. The molecule has 1 fully saturated rings. The summed E-state index contributed by atoms with van der Waals surface area (Å²) in [6.45, 7) is 3.60. The van der Waals surface area contributed by atoms with Gasteiger partial charge in [-0.25, -0.2) is 0 Å². The second-order valence-corrected chi connectivity index (χ2v) is 6.66. The fraction of sp³-hybridized carbons (Fsp3) is 0.381. The largest absolute Gasteiger partial charge is 0.494 e. The summed E-state index contributed by atoms with van der Waals surface area (Å²) in [4.78, 5) is 29.4. The minimum atomic E-state index is -0.609. The number of primary amides is 1. The number of hydrogen-bond acceptors (Lipinski definition) is 6. The van der Waals surface area contributed by atoms with Crippen LogP contribution in [-0.2, 0) is 4.79 Å². The van der Waals surface area contributed by atoms with Gasteiger partial charge in [0.2, 0.25) is 0 Å². The van der Waals surface area contributed by atoms with Gasteiger partial charge in [-0.05, 0) is 50.1 Å². The zero-order chi connectivity index (χ0) is 20.6. The third-order valence-electron chi connectivity index (χ3n) is 4.51. The zero-order valence-corrected chi connectivity index (χ0v) is 16.4. The summed E-state index contributed by atoms with van der Waals surface area (Å²) in [6.07, 6.45) is 2.96. The Hall–Kier alpha value is -3.29. The second-order valence-electron chi connectivity index (χ2n) is 6.66. The SMILES string of the molecule is CCOc1ccc(OCC(=O)N2CCCC(Oc3ccnc(C(N)=O)c3)C2)cc1. The lowest BCUT2D eigenvalue weighted by Crippen LogP contribution is -2.46. The van der Waals surface area contributed by atoms with Crippen LogP contribution in [0.5, 0.6) is 17.2 Å². The number of hydrogen-bond donors (Lipinski definition) is 1. The molecule has 0 spiro atoms. The van der Waals surface area contributed by atoms with Crippen molar-refractivity contribution in [2.45, 2.75) is 25.9 Å². The second kappa shape index (κ2) is 9.77. The molecule has 1 saturated heterocycles. The molecule has 1 unspecified atom stereocenters. The molecule has 0 saturated carbocycles. The first-order valence-electron chi connectivity index (χ1n) is 9.61. The number of carbonyl (C=O) groups is 2. The number of ether oxygens (including phenoxy) is 3. The number of benzene rings is 1. The number of pyridine rings is 1. The Morgan fingerprint density at radius 3 is 2.55 bits per heavy atom. The fourth-order valence-electron chi connectivity index (χ4n) is 3.11. The van der Waals surface area contributed by atoms with Crippen LogP contribution in [-0.4, -0.2) is 54.1 Å². The van der Waals surface area contributed by atoms with Gasteiger partial charge >= 0.3 is 0 Å². The Kier molecular flexibility index (Phi) is 6.89. The van der Waals surface area contributed by atoms with E-state index >= 15 is 0 Å². The highest BCUT2D eigenvalue weighted by molar-refractivity contribution is 5.91. The Morgan fingerprint density at radius 2 is 1.86 bits per heavy atom. The Labute approximate surface area is 169 Å². The average molecular weight is 399 g/mol. The minimum Gasteiger partial charge on any atom is -0.494 e. The molecular weight excluding hydrogens is 374 g/mol. The molecule has 8 nitrogen and oxygen atoms in total. The molecule has 1 atom stereocenters. The molecule has 2 N–H and O–H groups in total. The van der Waals surface area contributed by atoms with Crippen LogP contribution in [0.3, 0.4) is 0 Å². The normalized spacial score (nSPS) is 16.2. The van der Waals surface area contributed by atoms with Crippen LogP contribution in [0.2, 0.25) is 0 Å². The number of piperidine rings is 1. The van der Waals surface area contributed by atoms with Gasteiger partial charge in [-0.15, -0.1) is 0 Å². The number of amides is 2. The van der Waals surface area contributed by atoms with Gasteiger partial charge in [0.1, 0.15) is 29.0 Å². The smallest absolute Gasteiger partial charge is 0.267 e. The Bertz CT molecular complexity index is 840. The van der Waals surface area contributed by atoms with E-state index in [-0.39, 0.29) is 24.3 Å². The molecule has 0 radical (unpaired) electrons. The maximum Gasteiger partial charge on any atom is 0.267 e. The van der Waals surface area contributed by atoms with E-state index in [1.807, 2.05) is 19.1 Å². The number of nitrogens with two attached hydrogens (primary N) is 1. The summed E-state index contributed by atoms with van der Waals surface area (Å²) in [5.74, 6) is 1.18. The van der Waals surface area contributed by atoms with Gasteiger partial charge in [0, 0.05) is 18.8 Å². The molecular formula is C21H25N3O5. The first kappa shape index (κ1) is 20.4. The maximum absolute atomic E-state index is 12.5. The van der Waals surface area contributed by atoms with Crippen molar-refractivity contribution in [3.8, 4) is 17.2 Å². The third kappa shape index (κ3) is 5.84. The highest BCUT2D eigenvalue weighted by atomic mass is 16.5. The Morgan fingerprint density at radius 1 is 1.14 bits per heavy atom. The van der Waals surface area contributed by atoms with Gasteiger partial charge < -0.3 is 24.8 Å². The van der Waals surface area contributed by atoms with Crippen molar-refractivity contribution in [2.24, 2.45) is 5.73 Å². The Balaban J connectivity index is 1.51. The third-order valence-corrected chi connectivity index (χ3v) is 4.51. The molecule has 2 amide bonds. The van der Waals surface area contributed by atoms with Crippen molar-refractivity contribution in [3.63, 3.8) is 0 Å². The van der Waals surface area contributed by atoms with E-state index in [1.54, 1.807) is 23.1 Å². The van der Waals surface area contributed by atoms with Crippen molar-refractivity contribution in [1.82, 2.24) is 9.88 Å². The molecule has 2 heterocycles. The van der Waals surface area contributed by atoms with E-state index in [1.165, 1.54) is 12.3 Å². The van der Waals surface area contributed by atoms with E-state index in [0.717, 1.165) is 18.6 Å². The van der Waals surface area contributed by atoms with Gasteiger partial charge in [-0.1, -0.05) is 0 Å². The lowest BCUT2D eigenvalue weighted by molar-refractivity contribution is -0.136. The van der Waals surface area contributed by atoms with E-state index in [4.69, 9.17) is 19.9 Å². The van der Waals surface area contributed by atoms with Crippen molar-refractivity contribution in [1.29, 1.82) is 0 Å². The van der Waals surface area contributed by atoms with Crippen molar-refractivity contribution in [3.05, 3.63) is 48.3 Å². The first-order valence-corrected chi connectivity index (χ1v) is 9.61. The number of nitrogens with zero attached hydrogens (tertiary/aromatic N) is 2. The van der Waals surface area contributed by atoms with Gasteiger partial charge in [-0.2, -0.15) is 0 Å². The van der Waals surface area contributed by atoms with Crippen LogP contribution >= 0.6 is 0 Å². The van der Waals surface area contributed by atoms with E-state index < -0.39 is 5.91 Å². The summed E-state index contributed by atoms with van der Waals surface area (Å²) in [5, 5.41) is 0. The monoisotopic (exact) mass is 399 g/mol. The van der Waals surface area contributed by atoms with Crippen molar-refractivity contribution < 1.29 is 23.8 Å². The lowest BCUT2D eigenvalue weighted by atomic mass is 10.1. The summed E-state index contributed by atoms with van der Waals surface area (Å²) in [5.41, 5.74) is 5.40. The van der Waals surface area contributed by atoms with Gasteiger partial charge in [0.15, 0.2) is 6.61 Å². The average Bonchev–Trinajstić information content (AvgIpc) is 2.73. The van der Waals surface area contributed by atoms with Crippen LogP contribution in [0.4, 0.5) is 0 Å². The fourth-order valence-corrected chi connectivity index (χ4v) is 3.11. The summed E-state index contributed by atoms with van der Waals surface area (Å²) in [7, 11) is 0. The highest BCUT2D eigenvalue weighted by Gasteiger charge is 2.25. The molecule has 29 heavy (non-hydrogen) atoms. The molecule has 8 heteroatoms. The standard InChI is InChI=1S/C21H25N3O5/c1-2-27-15-5-7-16(8-6-15)28-14-20(25)24-11-3-4-18(13-24)29-17-9-10-23-19(12-17)21(22)26/h5-10,12,18H,2-4,11,13-14H2,1H3,(H2,22,26). The summed E-state index contributed by atoms with van der Waals surface area (Å²) in [6, 6.07) is 10.4. The number of carbonyl (C=O) groups excluding carboxylic acids is 2. The summed E-state index contributed by atoms with van der Waals surface area (Å²) < 4.78 is 16.9. The zero-order valence-electron chi connectivity index (χ0n) is 16.4. The quantitative estimate of drug-likeness (QED) is 0.728. The molecule has 0 bridgehead atoms. The van der Waals surface area contributed by atoms with Crippen molar-refractivity contribution >= 4 is 11.8 Å². The topological polar surface area (TPSA) is 104 Å². The van der Waals surface area contributed by atoms with Crippen LogP contribution < -0.4 is 19.9 Å². The van der Waals surface area contributed by atoms with E-state index in [0.29, 0.717) is 31.2 Å². The van der Waals surface area contributed by atoms with Gasteiger partial charge in [-0.3, -0.25) is 14.6 Å².